The van der Waals surface area contributed by atoms with E-state index in [0.717, 1.165) is 58.5 Å². The SMILES string of the molecule is COC(=O)[C@H](Cc1ccc(-c2c(C)cc(C)n(C)c2=O)c2ccccc12)NC(=O)c1c(F)cc(N2CCOC[C@@H]2C(F)(F)F)cc1F.COC(=O)[C@H](Cc1ccc(-c2c(C)cc(C)n(C)c2=O)c2ccccc12)NC(=O)c1c(F)cc(N2CCOC[C@@H]2C(F)(F)F)cc1F.COC(=O)[C@H](Cc1ccc(-c2c(OC)cc(C)n(C)c2=O)c2ccccc12)NC(=O)c1c(F)cc(N2CCOC[C@@H]2C(F)(F)F)cc1F. The number of carbonyl (C=O) groups excluding carboxylic acids is 6. The Morgan fingerprint density at radius 2 is 0.606 bits per heavy atom. The number of pyridine rings is 3. The zero-order valence-corrected chi connectivity index (χ0v) is 78.4. The van der Waals surface area contributed by atoms with Crippen molar-refractivity contribution in [3.05, 3.63) is 291 Å². The van der Waals surface area contributed by atoms with Gasteiger partial charge in [-0.1, -0.05) is 109 Å². The molecule has 3 N–H and O–H groups in total. The van der Waals surface area contributed by atoms with Crippen LogP contribution in [-0.4, -0.2) is 192 Å². The predicted molar refractivity (Wildman–Crippen MR) is 498 cm³/mol. The maximum absolute atomic E-state index is 15.3. The van der Waals surface area contributed by atoms with Crippen LogP contribution >= 0.6 is 0 Å². The van der Waals surface area contributed by atoms with E-state index < -0.39 is 179 Å². The maximum atomic E-state index is 15.3. The Hall–Kier alpha value is -14.5. The first-order chi connectivity index (χ1) is 67.2. The Morgan fingerprint density at radius 1 is 0.359 bits per heavy atom. The molecule has 0 spiro atoms. The number of hydrogen-bond donors (Lipinski definition) is 3. The van der Waals surface area contributed by atoms with Gasteiger partial charge in [0.05, 0.1) is 84.8 Å². The monoisotopic (exact) mass is 1990 g/mol. The average molecular weight is 1990 g/mol. The van der Waals surface area contributed by atoms with Crippen LogP contribution in [-0.2, 0) is 83.2 Å². The summed E-state index contributed by atoms with van der Waals surface area (Å²) in [5, 5.41) is 11.0. The van der Waals surface area contributed by atoms with Crippen molar-refractivity contribution in [3.63, 3.8) is 0 Å². The van der Waals surface area contributed by atoms with Crippen LogP contribution in [0.25, 0.3) is 65.7 Å². The first-order valence-electron chi connectivity index (χ1n) is 44.2. The second-order valence-corrected chi connectivity index (χ2v) is 34.1. The van der Waals surface area contributed by atoms with Gasteiger partial charge in [0.2, 0.25) is 0 Å². The number of rotatable bonds is 22. The molecule has 3 aliphatic heterocycles. The first kappa shape index (κ1) is 105. The summed E-state index contributed by atoms with van der Waals surface area (Å²) in [6.45, 7) is 5.88. The van der Waals surface area contributed by atoms with E-state index >= 15 is 26.3 Å². The zero-order chi connectivity index (χ0) is 103. The van der Waals surface area contributed by atoms with Gasteiger partial charge in [0.15, 0.2) is 0 Å². The smallest absolute Gasteiger partial charge is 0.411 e. The lowest BCUT2D eigenvalue weighted by Gasteiger charge is -2.38. The number of amides is 3. The predicted octanol–water partition coefficient (Wildman–Crippen LogP) is 15.8. The van der Waals surface area contributed by atoms with E-state index in [1.807, 2.05) is 52.0 Å². The molecule has 0 bridgehead atoms. The lowest BCUT2D eigenvalue weighted by molar-refractivity contribution is -0.167. The number of aryl methyl sites for hydroxylation is 5. The quantitative estimate of drug-likeness (QED) is 0.0323. The van der Waals surface area contributed by atoms with Crippen molar-refractivity contribution in [2.45, 2.75) is 109 Å². The molecule has 750 valence electrons. The van der Waals surface area contributed by atoms with Gasteiger partial charge in [-0.2, -0.15) is 39.5 Å². The molecule has 0 aliphatic carbocycles. The fraction of sp³-hybridized carbons (Fsp3) is 0.324. The zero-order valence-electron chi connectivity index (χ0n) is 78.4. The fourth-order valence-corrected chi connectivity index (χ4v) is 17.8. The molecule has 12 aromatic rings. The molecule has 0 unspecified atom stereocenters. The number of methoxy groups -OCH3 is 4. The molecule has 0 radical (unpaired) electrons. The molecule has 3 aromatic heterocycles. The van der Waals surface area contributed by atoms with Crippen molar-refractivity contribution < 1.29 is 128 Å². The molecule has 6 atom stereocenters. The summed E-state index contributed by atoms with van der Waals surface area (Å²) in [4.78, 5) is 120. The summed E-state index contributed by atoms with van der Waals surface area (Å²) in [6, 6.07) is 30.5. The molecular formula is C102H96F15N9O16. The van der Waals surface area contributed by atoms with Gasteiger partial charge in [0.1, 0.15) is 93.6 Å². The van der Waals surface area contributed by atoms with Crippen molar-refractivity contribution >= 4 is 85.0 Å². The number of alkyl halides is 9. The number of anilines is 3. The summed E-state index contributed by atoms with van der Waals surface area (Å²) in [6.07, 6.45) is -14.7. The number of benzene rings is 9. The number of morpholine rings is 3. The number of nitrogens with zero attached hydrogens (tertiary/aromatic N) is 6. The number of fused-ring (bicyclic) bond motifs is 3. The molecule has 3 aliphatic rings. The minimum Gasteiger partial charge on any atom is -0.496 e. The maximum Gasteiger partial charge on any atom is 0.411 e. The van der Waals surface area contributed by atoms with Crippen LogP contribution in [0.15, 0.2) is 178 Å². The number of ether oxygens (including phenoxy) is 7. The highest BCUT2D eigenvalue weighted by Gasteiger charge is 2.49. The molecule has 15 rings (SSSR count). The minimum atomic E-state index is -4.74. The average Bonchev–Trinajstić information content (AvgIpc) is 0.766. The Bertz CT molecular complexity index is 6760. The summed E-state index contributed by atoms with van der Waals surface area (Å²) < 4.78 is 253. The van der Waals surface area contributed by atoms with Crippen molar-refractivity contribution in [1.29, 1.82) is 0 Å². The summed E-state index contributed by atoms with van der Waals surface area (Å²) in [5.74, 6) is -14.7. The van der Waals surface area contributed by atoms with Gasteiger partial charge in [-0.3, -0.25) is 28.8 Å². The molecule has 9 aromatic carbocycles. The van der Waals surface area contributed by atoms with Crippen LogP contribution in [0, 0.1) is 69.5 Å². The fourth-order valence-electron chi connectivity index (χ4n) is 17.8. The first-order valence-corrected chi connectivity index (χ1v) is 44.2. The number of hydrogen-bond acceptors (Lipinski definition) is 19. The third kappa shape index (κ3) is 22.1. The number of halogens is 15. The summed E-state index contributed by atoms with van der Waals surface area (Å²) >= 11 is 0. The van der Waals surface area contributed by atoms with Gasteiger partial charge in [-0.05, 0) is 160 Å². The highest BCUT2D eigenvalue weighted by atomic mass is 19.4. The lowest BCUT2D eigenvalue weighted by atomic mass is 9.91. The molecular weight excluding hydrogens is 1890 g/mol. The van der Waals surface area contributed by atoms with E-state index in [1.54, 1.807) is 140 Å². The number of aromatic nitrogens is 3. The van der Waals surface area contributed by atoms with Crippen LogP contribution in [0.3, 0.4) is 0 Å². The highest BCUT2D eigenvalue weighted by Crippen LogP contribution is 2.42. The normalized spacial score (nSPS) is 15.8. The molecule has 6 heterocycles. The molecule has 40 heteroatoms. The molecule has 142 heavy (non-hydrogen) atoms. The van der Waals surface area contributed by atoms with Crippen molar-refractivity contribution in [1.82, 2.24) is 29.7 Å². The van der Waals surface area contributed by atoms with Gasteiger partial charge >= 0.3 is 36.4 Å². The van der Waals surface area contributed by atoms with Gasteiger partial charge in [-0.15, -0.1) is 0 Å². The minimum absolute atomic E-state index is 0.0875. The molecule has 3 fully saturated rings. The van der Waals surface area contributed by atoms with Crippen LogP contribution in [0.1, 0.15) is 76.0 Å². The van der Waals surface area contributed by atoms with E-state index in [-0.39, 0.29) is 75.4 Å². The number of carbonyl (C=O) groups is 6. The van der Waals surface area contributed by atoms with E-state index in [4.69, 9.17) is 33.2 Å². The van der Waals surface area contributed by atoms with Crippen LogP contribution in [0.5, 0.6) is 5.75 Å². The van der Waals surface area contributed by atoms with Gasteiger partial charge in [0, 0.05) is 100 Å². The Balaban J connectivity index is 0.000000179. The molecule has 0 saturated carbocycles. The molecule has 3 saturated heterocycles. The van der Waals surface area contributed by atoms with Crippen molar-refractivity contribution in [3.8, 4) is 39.1 Å². The lowest BCUT2D eigenvalue weighted by Crippen LogP contribution is -2.53. The number of nitrogens with one attached hydrogen (secondary N) is 3. The Morgan fingerprint density at radius 3 is 0.859 bits per heavy atom. The summed E-state index contributed by atoms with van der Waals surface area (Å²) in [5.41, 5.74) is 3.65. The highest BCUT2D eigenvalue weighted by molar-refractivity contribution is 6.04. The van der Waals surface area contributed by atoms with E-state index in [1.165, 1.54) is 11.7 Å². The van der Waals surface area contributed by atoms with Crippen LogP contribution in [0.2, 0.25) is 0 Å². The third-order valence-electron chi connectivity index (χ3n) is 25.4. The summed E-state index contributed by atoms with van der Waals surface area (Å²) in [7, 11) is 9.73. The largest absolute Gasteiger partial charge is 0.496 e. The topological polar surface area (TPSA) is 279 Å². The third-order valence-corrected chi connectivity index (χ3v) is 25.4. The second kappa shape index (κ2) is 43.3. The van der Waals surface area contributed by atoms with Crippen LogP contribution in [0.4, 0.5) is 82.9 Å². The van der Waals surface area contributed by atoms with Gasteiger partial charge in [-0.25, -0.2) is 40.7 Å². The second-order valence-electron chi connectivity index (χ2n) is 34.1. The Labute approximate surface area is 801 Å². The van der Waals surface area contributed by atoms with E-state index in [9.17, 15) is 82.7 Å². The Kier molecular flexibility index (Phi) is 31.9. The molecule has 3 amide bonds. The van der Waals surface area contributed by atoms with E-state index in [2.05, 4.69) is 16.0 Å². The van der Waals surface area contributed by atoms with Gasteiger partial charge in [0.25, 0.3) is 34.4 Å². The number of esters is 3. The molecule has 25 nitrogen and oxygen atoms in total. The van der Waals surface area contributed by atoms with E-state index in [0.29, 0.717) is 130 Å². The van der Waals surface area contributed by atoms with Gasteiger partial charge < -0.3 is 77.5 Å². The van der Waals surface area contributed by atoms with Crippen molar-refractivity contribution in [2.24, 2.45) is 21.1 Å². The standard InChI is InChI=1S/C34H32F5N3O6.2C34H32F5N3O5/c1-18-13-27(46-3)29(32(44)41(18)2)23-10-9-19(21-7-5-6-8-22(21)23)14-26(33(45)47-4)40-31(43)30-24(35)15-20(16-25(30)36)42-11-12-48-17-28(42)34(37,38)39;2*1-18-13-19(2)41(3)32(44)29(18)24-10-9-20(22-7-5-6-8-23(22)24)14-27(33(45)46-4)40-31(43)30-25(35)15-21(16-26(30)36)42-11-12-47-17-28(42)34(37,38)39/h5-10,13,15-16,26,28H,11-12,14,17H2,1-4H3,(H,40,43);2*5-10,13,15-16,27-28H,11-12,14,17H2,1-4H3,(H,40,43)/t26-,28+;2*27-,28+/m000/s1. The van der Waals surface area contributed by atoms with Crippen molar-refractivity contribution in [2.75, 3.05) is 102 Å². The van der Waals surface area contributed by atoms with Crippen LogP contribution < -0.4 is 52.1 Å².